The summed E-state index contributed by atoms with van der Waals surface area (Å²) in [6, 6.07) is 1.41. The lowest BCUT2D eigenvalue weighted by Gasteiger charge is -2.21. The first-order chi connectivity index (χ1) is 8.43. The molecule has 0 amide bonds. The molecular formula is C10H16BrN3O3S. The molecule has 0 saturated carbocycles. The number of pyridine rings is 1. The summed E-state index contributed by atoms with van der Waals surface area (Å²) in [5.41, 5.74) is 5.61. The smallest absolute Gasteiger partial charge is 0.246 e. The van der Waals surface area contributed by atoms with Crippen LogP contribution in [0.4, 0.5) is 5.82 Å². The molecule has 0 atom stereocenters. The molecule has 0 aliphatic carbocycles. The molecule has 0 spiro atoms. The molecule has 0 unspecified atom stereocenters. The van der Waals surface area contributed by atoms with Gasteiger partial charge in [0.2, 0.25) is 10.0 Å². The van der Waals surface area contributed by atoms with Crippen molar-refractivity contribution in [3.05, 3.63) is 16.7 Å². The van der Waals surface area contributed by atoms with E-state index in [2.05, 4.69) is 20.9 Å². The quantitative estimate of drug-likeness (QED) is 0.800. The van der Waals surface area contributed by atoms with Gasteiger partial charge in [-0.05, 0) is 28.4 Å². The van der Waals surface area contributed by atoms with Gasteiger partial charge in [0.05, 0.1) is 6.61 Å². The Bertz CT molecular complexity index is 501. The highest BCUT2D eigenvalue weighted by atomic mass is 79.9. The highest BCUT2D eigenvalue weighted by Gasteiger charge is 2.26. The van der Waals surface area contributed by atoms with Gasteiger partial charge in [-0.25, -0.2) is 13.4 Å². The number of nitrogens with two attached hydrogens (primary N) is 1. The minimum absolute atomic E-state index is 0.0428. The number of anilines is 1. The Morgan fingerprint density at radius 2 is 2.17 bits per heavy atom. The molecule has 0 bridgehead atoms. The predicted molar refractivity (Wildman–Crippen MR) is 72.5 cm³/mol. The van der Waals surface area contributed by atoms with Gasteiger partial charge in [-0.3, -0.25) is 0 Å². The van der Waals surface area contributed by atoms with E-state index < -0.39 is 10.0 Å². The average molecular weight is 338 g/mol. The number of aromatic nitrogens is 1. The molecule has 0 aliphatic rings. The zero-order valence-corrected chi connectivity index (χ0v) is 12.4. The minimum atomic E-state index is -3.72. The van der Waals surface area contributed by atoms with Crippen LogP contribution in [0.3, 0.4) is 0 Å². The Balaban J connectivity index is 3.21. The molecule has 18 heavy (non-hydrogen) atoms. The fraction of sp³-hybridized carbons (Fsp3) is 0.500. The number of aliphatic hydroxyl groups excluding tert-OH is 1. The summed E-state index contributed by atoms with van der Waals surface area (Å²) in [6.45, 7) is 2.00. The van der Waals surface area contributed by atoms with Crippen molar-refractivity contribution in [3.8, 4) is 0 Å². The summed E-state index contributed by atoms with van der Waals surface area (Å²) in [5.74, 6) is -0.0442. The van der Waals surface area contributed by atoms with Crippen LogP contribution >= 0.6 is 15.9 Å². The van der Waals surface area contributed by atoms with E-state index in [1.165, 1.54) is 16.6 Å². The fourth-order valence-corrected chi connectivity index (χ4v) is 3.59. The van der Waals surface area contributed by atoms with Crippen LogP contribution in [0.5, 0.6) is 0 Å². The van der Waals surface area contributed by atoms with E-state index in [1.807, 2.05) is 6.92 Å². The maximum Gasteiger partial charge on any atom is 0.246 e. The molecule has 1 aromatic rings. The van der Waals surface area contributed by atoms with E-state index in [-0.39, 0.29) is 23.9 Å². The van der Waals surface area contributed by atoms with E-state index in [4.69, 9.17) is 10.8 Å². The van der Waals surface area contributed by atoms with Gasteiger partial charge >= 0.3 is 0 Å². The van der Waals surface area contributed by atoms with E-state index in [0.717, 1.165) is 0 Å². The van der Waals surface area contributed by atoms with Crippen LogP contribution in [0, 0.1) is 0 Å². The zero-order valence-electron chi connectivity index (χ0n) is 10.0. The van der Waals surface area contributed by atoms with Gasteiger partial charge in [-0.15, -0.1) is 0 Å². The Morgan fingerprint density at radius 3 is 2.72 bits per heavy atom. The van der Waals surface area contributed by atoms with Crippen molar-refractivity contribution in [2.24, 2.45) is 0 Å². The number of hydrogen-bond acceptors (Lipinski definition) is 5. The molecular weight excluding hydrogens is 322 g/mol. The second-order valence-electron chi connectivity index (χ2n) is 3.66. The Morgan fingerprint density at radius 1 is 1.50 bits per heavy atom. The summed E-state index contributed by atoms with van der Waals surface area (Å²) in [5, 5.41) is 8.94. The summed E-state index contributed by atoms with van der Waals surface area (Å²) >= 11 is 3.17. The van der Waals surface area contributed by atoms with Gasteiger partial charge in [0.25, 0.3) is 0 Å². The highest BCUT2D eigenvalue weighted by molar-refractivity contribution is 9.10. The van der Waals surface area contributed by atoms with E-state index in [0.29, 0.717) is 17.4 Å². The molecule has 3 N–H and O–H groups in total. The third kappa shape index (κ3) is 3.41. The third-order valence-electron chi connectivity index (χ3n) is 2.29. The molecule has 1 heterocycles. The average Bonchev–Trinajstić information content (AvgIpc) is 2.32. The van der Waals surface area contributed by atoms with Crippen molar-refractivity contribution in [2.75, 3.05) is 25.4 Å². The van der Waals surface area contributed by atoms with E-state index in [1.54, 1.807) is 0 Å². The van der Waals surface area contributed by atoms with Gasteiger partial charge in [-0.2, -0.15) is 4.31 Å². The number of nitrogens with zero attached hydrogens (tertiary/aromatic N) is 2. The molecule has 102 valence electrons. The number of nitrogen functional groups attached to an aromatic ring is 1. The number of hydrogen-bond donors (Lipinski definition) is 2. The van der Waals surface area contributed by atoms with E-state index >= 15 is 0 Å². The summed E-state index contributed by atoms with van der Waals surface area (Å²) in [7, 11) is -3.72. The van der Waals surface area contributed by atoms with Gasteiger partial charge in [0.1, 0.15) is 10.7 Å². The zero-order chi connectivity index (χ0) is 13.8. The van der Waals surface area contributed by atoms with Crippen molar-refractivity contribution < 1.29 is 13.5 Å². The van der Waals surface area contributed by atoms with Crippen LogP contribution in [0.2, 0.25) is 0 Å². The standard InChI is InChI=1S/C10H16BrN3O3S/c1-2-3-14(4-5-15)18(16,17)9-6-8(11)7-13-10(9)12/h6-7,15H,2-5H2,1H3,(H2,12,13). The van der Waals surface area contributed by atoms with Gasteiger partial charge in [0, 0.05) is 23.8 Å². The molecule has 1 aromatic heterocycles. The van der Waals surface area contributed by atoms with Crippen LogP contribution in [-0.4, -0.2) is 42.5 Å². The van der Waals surface area contributed by atoms with Crippen LogP contribution in [0.1, 0.15) is 13.3 Å². The summed E-state index contributed by atoms with van der Waals surface area (Å²) in [6.07, 6.45) is 2.09. The molecule has 1 rings (SSSR count). The summed E-state index contributed by atoms with van der Waals surface area (Å²) < 4.78 is 26.5. The van der Waals surface area contributed by atoms with Crippen LogP contribution in [-0.2, 0) is 10.0 Å². The first-order valence-electron chi connectivity index (χ1n) is 5.45. The van der Waals surface area contributed by atoms with Crippen molar-refractivity contribution in [3.63, 3.8) is 0 Å². The first kappa shape index (κ1) is 15.4. The van der Waals surface area contributed by atoms with E-state index in [9.17, 15) is 8.42 Å². The SMILES string of the molecule is CCCN(CCO)S(=O)(=O)c1cc(Br)cnc1N. The topological polar surface area (TPSA) is 96.5 Å². The molecule has 0 aromatic carbocycles. The Kier molecular flexibility index (Phi) is 5.51. The maximum absolute atomic E-state index is 12.4. The molecule has 0 fully saturated rings. The van der Waals surface area contributed by atoms with Crippen LogP contribution < -0.4 is 5.73 Å². The van der Waals surface area contributed by atoms with Gasteiger partial charge in [-0.1, -0.05) is 6.92 Å². The normalized spacial score (nSPS) is 12.0. The molecule has 0 saturated heterocycles. The van der Waals surface area contributed by atoms with Crippen LogP contribution in [0.15, 0.2) is 21.6 Å². The second kappa shape index (κ2) is 6.46. The van der Waals surface area contributed by atoms with Crippen molar-refractivity contribution >= 4 is 31.8 Å². The number of rotatable bonds is 6. The monoisotopic (exact) mass is 337 g/mol. The Labute approximate surface area is 115 Å². The van der Waals surface area contributed by atoms with Crippen molar-refractivity contribution in [2.45, 2.75) is 18.2 Å². The molecule has 8 heteroatoms. The number of aliphatic hydroxyl groups is 1. The number of sulfonamides is 1. The fourth-order valence-electron chi connectivity index (χ4n) is 1.49. The largest absolute Gasteiger partial charge is 0.395 e. The lowest BCUT2D eigenvalue weighted by Crippen LogP contribution is -2.34. The predicted octanol–water partition coefficient (Wildman–Crippen LogP) is 0.819. The lowest BCUT2D eigenvalue weighted by atomic mass is 10.5. The number of halogens is 1. The third-order valence-corrected chi connectivity index (χ3v) is 4.65. The van der Waals surface area contributed by atoms with Crippen LogP contribution in [0.25, 0.3) is 0 Å². The Hall–Kier alpha value is -0.700. The summed E-state index contributed by atoms with van der Waals surface area (Å²) in [4.78, 5) is 3.77. The van der Waals surface area contributed by atoms with Crippen molar-refractivity contribution in [1.82, 2.24) is 9.29 Å². The first-order valence-corrected chi connectivity index (χ1v) is 7.68. The van der Waals surface area contributed by atoms with Crippen molar-refractivity contribution in [1.29, 1.82) is 0 Å². The highest BCUT2D eigenvalue weighted by Crippen LogP contribution is 2.24. The minimum Gasteiger partial charge on any atom is -0.395 e. The van der Waals surface area contributed by atoms with Gasteiger partial charge in [0.15, 0.2) is 0 Å². The van der Waals surface area contributed by atoms with Gasteiger partial charge < -0.3 is 10.8 Å². The molecule has 6 nitrogen and oxygen atoms in total. The molecule has 0 radical (unpaired) electrons. The lowest BCUT2D eigenvalue weighted by molar-refractivity contribution is 0.253. The molecule has 0 aliphatic heterocycles. The maximum atomic E-state index is 12.4. The second-order valence-corrected chi connectivity index (χ2v) is 6.49.